The van der Waals surface area contributed by atoms with Gasteiger partial charge in [-0.3, -0.25) is 14.4 Å². The van der Waals surface area contributed by atoms with Crippen molar-refractivity contribution in [3.05, 3.63) is 12.2 Å². The number of rotatable bonds is 70. The summed E-state index contributed by atoms with van der Waals surface area (Å²) in [6.07, 6.45) is 85.3. The molecular weight excluding hydrogens is 997 g/mol. The molecule has 0 aliphatic rings. The van der Waals surface area contributed by atoms with Gasteiger partial charge in [0.2, 0.25) is 0 Å². The van der Waals surface area contributed by atoms with E-state index in [4.69, 9.17) is 14.2 Å². The van der Waals surface area contributed by atoms with Gasteiger partial charge in [0.05, 0.1) is 0 Å². The van der Waals surface area contributed by atoms with Gasteiger partial charge in [0.25, 0.3) is 0 Å². The molecule has 0 aromatic heterocycles. The van der Waals surface area contributed by atoms with Crippen LogP contribution in [0, 0.1) is 0 Å². The van der Waals surface area contributed by atoms with E-state index >= 15 is 0 Å². The fourth-order valence-corrected chi connectivity index (χ4v) is 11.7. The third-order valence-electron chi connectivity index (χ3n) is 17.3. The zero-order valence-electron chi connectivity index (χ0n) is 55.4. The van der Waals surface area contributed by atoms with E-state index < -0.39 is 6.10 Å². The lowest BCUT2D eigenvalue weighted by atomic mass is 10.0. The van der Waals surface area contributed by atoms with Gasteiger partial charge in [0, 0.05) is 19.3 Å². The van der Waals surface area contributed by atoms with Crippen LogP contribution in [0.15, 0.2) is 12.2 Å². The molecule has 81 heavy (non-hydrogen) atoms. The number of carbonyl (C=O) groups excluding carboxylic acids is 3. The van der Waals surface area contributed by atoms with Crippen molar-refractivity contribution in [1.82, 2.24) is 0 Å². The van der Waals surface area contributed by atoms with Gasteiger partial charge >= 0.3 is 17.9 Å². The first-order valence-corrected chi connectivity index (χ1v) is 37.2. The molecule has 0 amide bonds. The number of hydrogen-bond donors (Lipinski definition) is 0. The van der Waals surface area contributed by atoms with Gasteiger partial charge in [-0.1, -0.05) is 380 Å². The molecule has 0 spiro atoms. The Morgan fingerprint density at radius 2 is 0.407 bits per heavy atom. The molecule has 0 rings (SSSR count). The third kappa shape index (κ3) is 68.8. The van der Waals surface area contributed by atoms with Crippen LogP contribution in [-0.4, -0.2) is 37.2 Å². The highest BCUT2D eigenvalue weighted by Crippen LogP contribution is 2.19. The molecule has 0 saturated heterocycles. The van der Waals surface area contributed by atoms with Gasteiger partial charge in [0.15, 0.2) is 6.10 Å². The molecule has 0 aromatic rings. The van der Waals surface area contributed by atoms with Crippen LogP contribution in [0.5, 0.6) is 0 Å². The maximum Gasteiger partial charge on any atom is 0.306 e. The van der Waals surface area contributed by atoms with Crippen molar-refractivity contribution < 1.29 is 28.6 Å². The summed E-state index contributed by atoms with van der Waals surface area (Å²) in [6, 6.07) is 0. The first kappa shape index (κ1) is 79.2. The van der Waals surface area contributed by atoms with E-state index in [0.29, 0.717) is 19.3 Å². The largest absolute Gasteiger partial charge is 0.462 e. The Hall–Kier alpha value is -1.85. The summed E-state index contributed by atoms with van der Waals surface area (Å²) in [7, 11) is 0. The van der Waals surface area contributed by atoms with Crippen molar-refractivity contribution in [3.8, 4) is 0 Å². The lowest BCUT2D eigenvalue weighted by Gasteiger charge is -2.18. The second kappa shape index (κ2) is 70.6. The smallest absolute Gasteiger partial charge is 0.306 e. The second-order valence-corrected chi connectivity index (χ2v) is 25.6. The fourth-order valence-electron chi connectivity index (χ4n) is 11.7. The van der Waals surface area contributed by atoms with E-state index in [9.17, 15) is 14.4 Å². The van der Waals surface area contributed by atoms with Crippen LogP contribution >= 0.6 is 0 Å². The Balaban J connectivity index is 4.28. The predicted octanol–water partition coefficient (Wildman–Crippen LogP) is 25.6. The number of carbonyl (C=O) groups is 3. The van der Waals surface area contributed by atoms with Crippen molar-refractivity contribution in [1.29, 1.82) is 0 Å². The molecule has 480 valence electrons. The zero-order chi connectivity index (χ0) is 58.5. The number of esters is 3. The molecule has 0 N–H and O–H groups in total. The second-order valence-electron chi connectivity index (χ2n) is 25.6. The van der Waals surface area contributed by atoms with Gasteiger partial charge in [0.1, 0.15) is 13.2 Å². The lowest BCUT2D eigenvalue weighted by Crippen LogP contribution is -2.30. The molecule has 0 aliphatic carbocycles. The molecular formula is C75H144O6. The van der Waals surface area contributed by atoms with E-state index in [1.807, 2.05) is 0 Å². The molecule has 0 fully saturated rings. The average molecular weight is 1140 g/mol. The summed E-state index contributed by atoms with van der Waals surface area (Å²) in [5, 5.41) is 0. The molecule has 0 saturated carbocycles. The SMILES string of the molecule is CCCCCCCCCC/C=C\CCCCCCCCCCCC(=O)OC(COC(=O)CCCCCCCCCCCCCCCCCCCCC)COC(=O)CCCCCCCCCCCCCCCCCCCCCCCCC. The lowest BCUT2D eigenvalue weighted by molar-refractivity contribution is -0.167. The molecule has 6 heteroatoms. The number of hydrogen-bond acceptors (Lipinski definition) is 6. The van der Waals surface area contributed by atoms with Gasteiger partial charge < -0.3 is 14.2 Å². The third-order valence-corrected chi connectivity index (χ3v) is 17.3. The number of unbranched alkanes of at least 4 members (excludes halogenated alkanes) is 57. The van der Waals surface area contributed by atoms with Gasteiger partial charge in [-0.25, -0.2) is 0 Å². The quantitative estimate of drug-likeness (QED) is 0.0261. The Morgan fingerprint density at radius 3 is 0.617 bits per heavy atom. The van der Waals surface area contributed by atoms with Gasteiger partial charge in [-0.15, -0.1) is 0 Å². The summed E-state index contributed by atoms with van der Waals surface area (Å²) in [5.74, 6) is -0.825. The van der Waals surface area contributed by atoms with Crippen LogP contribution < -0.4 is 0 Å². The minimum atomic E-state index is -0.768. The predicted molar refractivity (Wildman–Crippen MR) is 353 cm³/mol. The summed E-state index contributed by atoms with van der Waals surface area (Å²) < 4.78 is 17.1. The molecule has 0 aliphatic heterocycles. The van der Waals surface area contributed by atoms with Crippen LogP contribution in [0.3, 0.4) is 0 Å². The van der Waals surface area contributed by atoms with Crippen LogP contribution in [0.4, 0.5) is 0 Å². The standard InChI is InChI=1S/C75H144O6/c1-4-7-10-13-16-19-22-25-28-31-34-36-37-39-41-44-47-50-53-56-59-62-65-68-74(77)80-71-72(70-79-73(76)67-64-61-58-55-52-49-46-43-40-33-30-27-24-21-18-15-12-9-6-3)81-75(78)69-66-63-60-57-54-51-48-45-42-38-35-32-29-26-23-20-17-14-11-8-5-2/h32,35,72H,4-31,33-34,36-71H2,1-3H3/b35-32-. The Morgan fingerprint density at radius 1 is 0.235 bits per heavy atom. The summed E-state index contributed by atoms with van der Waals surface area (Å²) in [4.78, 5) is 38.5. The fraction of sp³-hybridized carbons (Fsp3) is 0.933. The highest BCUT2D eigenvalue weighted by atomic mass is 16.6. The summed E-state index contributed by atoms with van der Waals surface area (Å²) >= 11 is 0. The minimum absolute atomic E-state index is 0.0634. The monoisotopic (exact) mass is 1140 g/mol. The molecule has 1 unspecified atom stereocenters. The highest BCUT2D eigenvalue weighted by molar-refractivity contribution is 5.71. The van der Waals surface area contributed by atoms with Crippen molar-refractivity contribution in [2.75, 3.05) is 13.2 Å². The molecule has 0 bridgehead atoms. The highest BCUT2D eigenvalue weighted by Gasteiger charge is 2.20. The summed E-state index contributed by atoms with van der Waals surface area (Å²) in [6.45, 7) is 6.75. The van der Waals surface area contributed by atoms with E-state index in [2.05, 4.69) is 32.9 Å². The van der Waals surface area contributed by atoms with E-state index in [1.54, 1.807) is 0 Å². The van der Waals surface area contributed by atoms with Gasteiger partial charge in [-0.2, -0.15) is 0 Å². The Bertz CT molecular complexity index is 1260. The van der Waals surface area contributed by atoms with E-state index in [-0.39, 0.29) is 31.1 Å². The first-order chi connectivity index (χ1) is 40.0. The number of allylic oxidation sites excluding steroid dienone is 2. The molecule has 0 radical (unpaired) electrons. The molecule has 0 heterocycles. The topological polar surface area (TPSA) is 78.9 Å². The van der Waals surface area contributed by atoms with Crippen molar-refractivity contribution in [2.45, 2.75) is 438 Å². The molecule has 0 aromatic carbocycles. The van der Waals surface area contributed by atoms with Crippen molar-refractivity contribution >= 4 is 17.9 Å². The zero-order valence-corrected chi connectivity index (χ0v) is 55.4. The van der Waals surface area contributed by atoms with Crippen LogP contribution in [0.25, 0.3) is 0 Å². The molecule has 6 nitrogen and oxygen atoms in total. The maximum absolute atomic E-state index is 13.0. The van der Waals surface area contributed by atoms with Gasteiger partial charge in [-0.05, 0) is 44.9 Å². The van der Waals surface area contributed by atoms with Crippen LogP contribution in [0.2, 0.25) is 0 Å². The van der Waals surface area contributed by atoms with Crippen LogP contribution in [0.1, 0.15) is 432 Å². The normalized spacial score (nSPS) is 12.0. The first-order valence-electron chi connectivity index (χ1n) is 37.2. The summed E-state index contributed by atoms with van der Waals surface area (Å²) in [5.41, 5.74) is 0. The van der Waals surface area contributed by atoms with Crippen molar-refractivity contribution in [3.63, 3.8) is 0 Å². The Kier molecular flexibility index (Phi) is 69.0. The average Bonchev–Trinajstić information content (AvgIpc) is 3.47. The van der Waals surface area contributed by atoms with Crippen LogP contribution in [-0.2, 0) is 28.6 Å². The maximum atomic E-state index is 13.0. The Labute approximate surface area is 507 Å². The van der Waals surface area contributed by atoms with Crippen molar-refractivity contribution in [2.24, 2.45) is 0 Å². The van der Waals surface area contributed by atoms with E-state index in [0.717, 1.165) is 57.8 Å². The number of ether oxygens (including phenoxy) is 3. The minimum Gasteiger partial charge on any atom is -0.462 e. The van der Waals surface area contributed by atoms with E-state index in [1.165, 1.54) is 334 Å². The molecule has 1 atom stereocenters.